The molecule has 23 heavy (non-hydrogen) atoms. The quantitative estimate of drug-likeness (QED) is 0.846. The number of halogens is 1. The van der Waals surface area contributed by atoms with Crippen LogP contribution in [0.25, 0.3) is 0 Å². The molecule has 0 aliphatic carbocycles. The largest absolute Gasteiger partial charge is 0.370 e. The molecule has 0 N–H and O–H groups in total. The van der Waals surface area contributed by atoms with Crippen molar-refractivity contribution in [3.63, 3.8) is 0 Å². The zero-order valence-electron chi connectivity index (χ0n) is 13.4. The van der Waals surface area contributed by atoms with E-state index in [1.165, 1.54) is 12.5 Å². The summed E-state index contributed by atoms with van der Waals surface area (Å²) in [5.74, 6) is 0.602. The van der Waals surface area contributed by atoms with Crippen LogP contribution in [0.5, 0.6) is 0 Å². The molecule has 1 aliphatic heterocycles. The Morgan fingerprint density at radius 3 is 2.65 bits per heavy atom. The number of aromatic nitrogens is 2. The minimum Gasteiger partial charge on any atom is -0.370 e. The van der Waals surface area contributed by atoms with Crippen molar-refractivity contribution in [1.82, 2.24) is 14.9 Å². The lowest BCUT2D eigenvalue weighted by atomic mass is 10.1. The zero-order valence-corrected chi connectivity index (χ0v) is 13.4. The maximum Gasteiger partial charge on any atom is 0.157 e. The van der Waals surface area contributed by atoms with Gasteiger partial charge in [-0.25, -0.2) is 14.4 Å². The molecule has 5 heteroatoms. The van der Waals surface area contributed by atoms with Gasteiger partial charge in [-0.3, -0.25) is 4.90 Å². The zero-order chi connectivity index (χ0) is 16.1. The summed E-state index contributed by atoms with van der Waals surface area (Å²) in [6, 6.07) is 6.87. The second kappa shape index (κ2) is 7.62. The third kappa shape index (κ3) is 4.33. The van der Waals surface area contributed by atoms with Crippen LogP contribution in [0.15, 0.2) is 36.7 Å². The van der Waals surface area contributed by atoms with Crippen molar-refractivity contribution in [2.24, 2.45) is 0 Å². The fraction of sp³-hybridized carbons (Fsp3) is 0.444. The molecule has 2 heterocycles. The van der Waals surface area contributed by atoms with E-state index in [1.54, 1.807) is 6.07 Å². The first-order valence-corrected chi connectivity index (χ1v) is 8.07. The summed E-state index contributed by atoms with van der Waals surface area (Å²) in [5.41, 5.74) is 1.71. The van der Waals surface area contributed by atoms with Crippen LogP contribution in [0.4, 0.5) is 4.39 Å². The Morgan fingerprint density at radius 1 is 1.17 bits per heavy atom. The van der Waals surface area contributed by atoms with E-state index in [1.807, 2.05) is 36.5 Å². The van der Waals surface area contributed by atoms with Gasteiger partial charge in [0.1, 0.15) is 11.9 Å². The van der Waals surface area contributed by atoms with Gasteiger partial charge in [0.25, 0.3) is 0 Å². The van der Waals surface area contributed by atoms with Gasteiger partial charge in [-0.05, 0) is 32.4 Å². The number of benzene rings is 1. The lowest BCUT2D eigenvalue weighted by Crippen LogP contribution is -2.19. The predicted octanol–water partition coefficient (Wildman–Crippen LogP) is 3.49. The number of rotatable bonds is 5. The number of ether oxygens (including phenoxy) is 1. The van der Waals surface area contributed by atoms with Gasteiger partial charge in [-0.1, -0.05) is 18.2 Å². The van der Waals surface area contributed by atoms with Crippen molar-refractivity contribution < 1.29 is 9.13 Å². The van der Waals surface area contributed by atoms with Crippen LogP contribution in [-0.2, 0) is 17.8 Å². The molecule has 2 aromatic rings. The van der Waals surface area contributed by atoms with Crippen LogP contribution < -0.4 is 0 Å². The predicted molar refractivity (Wildman–Crippen MR) is 86.1 cm³/mol. The molecule has 1 fully saturated rings. The van der Waals surface area contributed by atoms with Gasteiger partial charge in [-0.15, -0.1) is 0 Å². The summed E-state index contributed by atoms with van der Waals surface area (Å²) < 4.78 is 19.4. The molecular formula is C18H22FN3O. The van der Waals surface area contributed by atoms with Crippen molar-refractivity contribution in [2.75, 3.05) is 13.7 Å². The first kappa shape index (κ1) is 16.0. The van der Waals surface area contributed by atoms with E-state index in [2.05, 4.69) is 9.97 Å². The molecule has 0 saturated carbocycles. The molecule has 1 unspecified atom stereocenters. The van der Waals surface area contributed by atoms with Gasteiger partial charge in [0, 0.05) is 43.2 Å². The van der Waals surface area contributed by atoms with Crippen LogP contribution in [0.2, 0.25) is 0 Å². The third-order valence-electron chi connectivity index (χ3n) is 4.04. The summed E-state index contributed by atoms with van der Waals surface area (Å²) in [5, 5.41) is 0. The molecule has 0 amide bonds. The molecular weight excluding hydrogens is 293 g/mol. The van der Waals surface area contributed by atoms with Gasteiger partial charge >= 0.3 is 0 Å². The van der Waals surface area contributed by atoms with Gasteiger partial charge in [0.05, 0.1) is 0 Å². The minimum atomic E-state index is -0.166. The molecule has 122 valence electrons. The highest BCUT2D eigenvalue weighted by molar-refractivity contribution is 5.17. The smallest absolute Gasteiger partial charge is 0.157 e. The summed E-state index contributed by atoms with van der Waals surface area (Å²) in [4.78, 5) is 10.9. The molecule has 0 bridgehead atoms. The number of hydrogen-bond acceptors (Lipinski definition) is 4. The highest BCUT2D eigenvalue weighted by Crippen LogP contribution is 2.24. The minimum absolute atomic E-state index is 0.0361. The van der Waals surface area contributed by atoms with E-state index in [-0.39, 0.29) is 11.9 Å². The van der Waals surface area contributed by atoms with Gasteiger partial charge in [0.15, 0.2) is 5.82 Å². The molecule has 4 nitrogen and oxygen atoms in total. The van der Waals surface area contributed by atoms with E-state index >= 15 is 0 Å². The number of hydrogen-bond donors (Lipinski definition) is 0. The maximum absolute atomic E-state index is 13.7. The average Bonchev–Trinajstić information content (AvgIpc) is 2.58. The highest BCUT2D eigenvalue weighted by atomic mass is 19.1. The van der Waals surface area contributed by atoms with Gasteiger partial charge in [0.2, 0.25) is 0 Å². The van der Waals surface area contributed by atoms with E-state index in [9.17, 15) is 4.39 Å². The maximum atomic E-state index is 13.7. The van der Waals surface area contributed by atoms with Gasteiger partial charge in [-0.2, -0.15) is 0 Å². The second-order valence-electron chi connectivity index (χ2n) is 6.07. The molecule has 1 saturated heterocycles. The van der Waals surface area contributed by atoms with Crippen molar-refractivity contribution in [3.8, 4) is 0 Å². The average molecular weight is 315 g/mol. The van der Waals surface area contributed by atoms with Crippen molar-refractivity contribution >= 4 is 0 Å². The summed E-state index contributed by atoms with van der Waals surface area (Å²) >= 11 is 0. The lowest BCUT2D eigenvalue weighted by molar-refractivity contribution is 0.00938. The molecule has 1 aromatic carbocycles. The molecule has 1 aliphatic rings. The van der Waals surface area contributed by atoms with E-state index < -0.39 is 0 Å². The topological polar surface area (TPSA) is 38.2 Å². The summed E-state index contributed by atoms with van der Waals surface area (Å²) in [6.45, 7) is 2.03. The Balaban J connectivity index is 1.58. The van der Waals surface area contributed by atoms with Crippen molar-refractivity contribution in [2.45, 2.75) is 38.5 Å². The van der Waals surface area contributed by atoms with Crippen LogP contribution in [0, 0.1) is 5.82 Å². The first-order chi connectivity index (χ1) is 11.2. The van der Waals surface area contributed by atoms with Crippen LogP contribution in [0.1, 0.15) is 42.3 Å². The molecule has 1 aromatic heterocycles. The van der Waals surface area contributed by atoms with Crippen LogP contribution in [-0.4, -0.2) is 28.5 Å². The third-order valence-corrected chi connectivity index (χ3v) is 4.04. The summed E-state index contributed by atoms with van der Waals surface area (Å²) in [7, 11) is 1.96. The standard InChI is InChI=1S/C18H22FN3O/c1-22(13-15-6-2-3-7-16(15)19)12-14-10-20-18(21-11-14)17-8-4-5-9-23-17/h2-3,6-7,10-11,17H,4-5,8-9,12-13H2,1H3. The normalized spacial score (nSPS) is 18.3. The highest BCUT2D eigenvalue weighted by Gasteiger charge is 2.18. The monoisotopic (exact) mass is 315 g/mol. The summed E-state index contributed by atoms with van der Waals surface area (Å²) in [6.07, 6.45) is 7.01. The molecule has 3 rings (SSSR count). The Morgan fingerprint density at radius 2 is 1.96 bits per heavy atom. The van der Waals surface area contributed by atoms with Gasteiger partial charge < -0.3 is 4.74 Å². The van der Waals surface area contributed by atoms with E-state index in [0.29, 0.717) is 18.7 Å². The fourth-order valence-electron chi connectivity index (χ4n) is 2.84. The Bertz CT molecular complexity index is 626. The van der Waals surface area contributed by atoms with Crippen molar-refractivity contribution in [1.29, 1.82) is 0 Å². The van der Waals surface area contributed by atoms with Crippen molar-refractivity contribution in [3.05, 3.63) is 59.4 Å². The molecule has 0 radical (unpaired) electrons. The molecule has 0 spiro atoms. The molecule has 1 atom stereocenters. The number of nitrogens with zero attached hydrogens (tertiary/aromatic N) is 3. The van der Waals surface area contributed by atoms with E-state index in [0.717, 1.165) is 30.8 Å². The SMILES string of the molecule is CN(Cc1cnc(C2CCCCO2)nc1)Cc1ccccc1F. The Kier molecular flexibility index (Phi) is 5.31. The van der Waals surface area contributed by atoms with E-state index in [4.69, 9.17) is 4.74 Å². The second-order valence-corrected chi connectivity index (χ2v) is 6.07. The lowest BCUT2D eigenvalue weighted by Gasteiger charge is -2.21. The first-order valence-electron chi connectivity index (χ1n) is 8.07. The Labute approximate surface area is 136 Å². The van der Waals surface area contributed by atoms with Crippen LogP contribution >= 0.6 is 0 Å². The Hall–Kier alpha value is -1.85. The fourth-order valence-corrected chi connectivity index (χ4v) is 2.84. The van der Waals surface area contributed by atoms with Crippen LogP contribution in [0.3, 0.4) is 0 Å².